The minimum atomic E-state index is 0.316. The van der Waals surface area contributed by atoms with Crippen LogP contribution >= 0.6 is 0 Å². The van der Waals surface area contributed by atoms with Crippen LogP contribution in [0.2, 0.25) is 0 Å². The van der Waals surface area contributed by atoms with Gasteiger partial charge in [-0.05, 0) is 20.8 Å². The minimum absolute atomic E-state index is 0.316. The fraction of sp³-hybridized carbons (Fsp3) is 0.545. The van der Waals surface area contributed by atoms with E-state index in [-0.39, 0.29) is 0 Å². The third-order valence-corrected chi connectivity index (χ3v) is 2.15. The lowest BCUT2D eigenvalue weighted by molar-refractivity contribution is 0.618. The summed E-state index contributed by atoms with van der Waals surface area (Å²) in [5, 5.41) is 7.53. The maximum atomic E-state index is 4.22. The molecule has 0 spiro atoms. The number of rotatable bonds is 4. The van der Waals surface area contributed by atoms with Crippen LogP contribution in [0.15, 0.2) is 12.4 Å². The summed E-state index contributed by atoms with van der Waals surface area (Å²) >= 11 is 0. The smallest absolute Gasteiger partial charge is 0.0581 e. The van der Waals surface area contributed by atoms with Gasteiger partial charge in [-0.15, -0.1) is 5.92 Å². The lowest BCUT2D eigenvalue weighted by atomic mass is 10.2. The first-order valence-electron chi connectivity index (χ1n) is 4.93. The van der Waals surface area contributed by atoms with Crippen LogP contribution in [-0.4, -0.2) is 16.3 Å². The number of hydrogen-bond donors (Lipinski definition) is 1. The van der Waals surface area contributed by atoms with E-state index in [4.69, 9.17) is 0 Å². The maximum Gasteiger partial charge on any atom is 0.0581 e. The molecule has 0 saturated carbocycles. The first-order chi connectivity index (χ1) is 6.77. The molecule has 1 atom stereocenters. The van der Waals surface area contributed by atoms with Gasteiger partial charge in [0.2, 0.25) is 0 Å². The Balaban J connectivity index is 2.49. The molecule has 14 heavy (non-hydrogen) atoms. The third kappa shape index (κ3) is 2.90. The van der Waals surface area contributed by atoms with Crippen LogP contribution in [0.1, 0.15) is 32.4 Å². The highest BCUT2D eigenvalue weighted by atomic mass is 15.3. The Morgan fingerprint density at radius 2 is 2.43 bits per heavy atom. The van der Waals surface area contributed by atoms with E-state index < -0.39 is 0 Å². The largest absolute Gasteiger partial charge is 0.299 e. The molecule has 0 amide bonds. The molecule has 1 aromatic heterocycles. The van der Waals surface area contributed by atoms with E-state index in [1.165, 1.54) is 5.56 Å². The van der Waals surface area contributed by atoms with Crippen LogP contribution in [0, 0.1) is 11.8 Å². The Labute approximate surface area is 85.5 Å². The van der Waals surface area contributed by atoms with E-state index in [0.717, 1.165) is 13.1 Å². The van der Waals surface area contributed by atoms with Crippen molar-refractivity contribution >= 4 is 0 Å². The zero-order valence-electron chi connectivity index (χ0n) is 9.04. The van der Waals surface area contributed by atoms with Gasteiger partial charge in [-0.3, -0.25) is 10.00 Å². The van der Waals surface area contributed by atoms with E-state index >= 15 is 0 Å². The summed E-state index contributed by atoms with van der Waals surface area (Å²) in [5.41, 5.74) is 1.21. The highest BCUT2D eigenvalue weighted by Gasteiger charge is 2.05. The summed E-state index contributed by atoms with van der Waals surface area (Å²) < 4.78 is 1.93. The first-order valence-corrected chi connectivity index (χ1v) is 4.93. The number of aromatic nitrogens is 2. The summed E-state index contributed by atoms with van der Waals surface area (Å²) in [6.07, 6.45) is 3.97. The zero-order valence-corrected chi connectivity index (χ0v) is 9.04. The quantitative estimate of drug-likeness (QED) is 0.732. The van der Waals surface area contributed by atoms with Gasteiger partial charge in [-0.2, -0.15) is 5.10 Å². The van der Waals surface area contributed by atoms with Crippen molar-refractivity contribution in [1.29, 1.82) is 0 Å². The molecular weight excluding hydrogens is 174 g/mol. The van der Waals surface area contributed by atoms with Crippen LogP contribution in [0.3, 0.4) is 0 Å². The second-order valence-electron chi connectivity index (χ2n) is 3.16. The van der Waals surface area contributed by atoms with Gasteiger partial charge in [0, 0.05) is 24.3 Å². The van der Waals surface area contributed by atoms with Crippen molar-refractivity contribution in [2.75, 3.05) is 6.54 Å². The molecule has 0 aliphatic carbocycles. The van der Waals surface area contributed by atoms with Gasteiger partial charge in [0.1, 0.15) is 0 Å². The number of hydrogen-bond acceptors (Lipinski definition) is 2. The summed E-state index contributed by atoms with van der Waals surface area (Å²) in [4.78, 5) is 0. The fourth-order valence-electron chi connectivity index (χ4n) is 1.19. The van der Waals surface area contributed by atoms with Crippen molar-refractivity contribution in [1.82, 2.24) is 15.1 Å². The average molecular weight is 191 g/mol. The van der Waals surface area contributed by atoms with E-state index in [1.54, 1.807) is 0 Å². The molecule has 1 aromatic rings. The normalized spacial score (nSPS) is 11.9. The summed E-state index contributed by atoms with van der Waals surface area (Å²) in [5.74, 6) is 5.84. The minimum Gasteiger partial charge on any atom is -0.299 e. The first kappa shape index (κ1) is 10.8. The van der Waals surface area contributed by atoms with Gasteiger partial charge < -0.3 is 0 Å². The van der Waals surface area contributed by atoms with Crippen LogP contribution in [-0.2, 0) is 6.54 Å². The van der Waals surface area contributed by atoms with E-state index in [1.807, 2.05) is 17.8 Å². The molecule has 1 unspecified atom stereocenters. The van der Waals surface area contributed by atoms with Crippen molar-refractivity contribution in [3.8, 4) is 11.8 Å². The van der Waals surface area contributed by atoms with Crippen molar-refractivity contribution in [3.05, 3.63) is 18.0 Å². The van der Waals surface area contributed by atoms with Crippen molar-refractivity contribution < 1.29 is 0 Å². The van der Waals surface area contributed by atoms with Crippen LogP contribution in [0.25, 0.3) is 0 Å². The Hall–Kier alpha value is -1.27. The topological polar surface area (TPSA) is 29.9 Å². The van der Waals surface area contributed by atoms with Gasteiger partial charge in [-0.1, -0.05) is 5.92 Å². The van der Waals surface area contributed by atoms with E-state index in [9.17, 15) is 0 Å². The molecule has 1 rings (SSSR count). The molecule has 1 heterocycles. The van der Waals surface area contributed by atoms with Gasteiger partial charge in [0.15, 0.2) is 0 Å². The van der Waals surface area contributed by atoms with Crippen LogP contribution in [0.4, 0.5) is 0 Å². The van der Waals surface area contributed by atoms with Gasteiger partial charge in [0.05, 0.1) is 12.7 Å². The molecule has 3 nitrogen and oxygen atoms in total. The van der Waals surface area contributed by atoms with Crippen LogP contribution in [0.5, 0.6) is 0 Å². The predicted molar refractivity (Wildman–Crippen MR) is 57.8 cm³/mol. The second kappa shape index (κ2) is 5.46. The van der Waals surface area contributed by atoms with Gasteiger partial charge in [0.25, 0.3) is 0 Å². The lowest BCUT2D eigenvalue weighted by Gasteiger charge is -2.08. The highest BCUT2D eigenvalue weighted by Crippen LogP contribution is 2.09. The Morgan fingerprint density at radius 3 is 3.00 bits per heavy atom. The molecule has 1 N–H and O–H groups in total. The Bertz CT molecular complexity index is 330. The predicted octanol–water partition coefficient (Wildman–Crippen LogP) is 1.58. The van der Waals surface area contributed by atoms with Gasteiger partial charge in [-0.25, -0.2) is 0 Å². The molecule has 0 fully saturated rings. The lowest BCUT2D eigenvalue weighted by Crippen LogP contribution is -2.18. The Morgan fingerprint density at radius 1 is 1.64 bits per heavy atom. The number of nitrogens with one attached hydrogen (secondary N) is 1. The molecule has 0 aliphatic rings. The SMILES string of the molecule is CC#CCNC(C)c1cnn(CC)c1. The van der Waals surface area contributed by atoms with Crippen molar-refractivity contribution in [3.63, 3.8) is 0 Å². The molecule has 0 aromatic carbocycles. The molecule has 0 radical (unpaired) electrons. The number of nitrogens with zero attached hydrogens (tertiary/aromatic N) is 2. The molecule has 76 valence electrons. The van der Waals surface area contributed by atoms with Gasteiger partial charge >= 0.3 is 0 Å². The Kier molecular flexibility index (Phi) is 4.21. The molecule has 0 aliphatic heterocycles. The molecular formula is C11H17N3. The summed E-state index contributed by atoms with van der Waals surface area (Å²) in [6.45, 7) is 7.70. The number of aryl methyl sites for hydroxylation is 1. The maximum absolute atomic E-state index is 4.22. The highest BCUT2D eigenvalue weighted by molar-refractivity contribution is 5.10. The summed E-state index contributed by atoms with van der Waals surface area (Å²) in [7, 11) is 0. The molecule has 0 bridgehead atoms. The third-order valence-electron chi connectivity index (χ3n) is 2.15. The van der Waals surface area contributed by atoms with Crippen molar-refractivity contribution in [2.24, 2.45) is 0 Å². The standard InChI is InChI=1S/C11H17N3/c1-4-6-7-12-10(3)11-8-13-14(5-2)9-11/h8-10,12H,5,7H2,1-3H3. The summed E-state index contributed by atoms with van der Waals surface area (Å²) in [6, 6.07) is 0.316. The second-order valence-corrected chi connectivity index (χ2v) is 3.16. The molecule has 3 heteroatoms. The fourth-order valence-corrected chi connectivity index (χ4v) is 1.19. The van der Waals surface area contributed by atoms with Crippen LogP contribution < -0.4 is 5.32 Å². The zero-order chi connectivity index (χ0) is 10.4. The van der Waals surface area contributed by atoms with Crippen molar-refractivity contribution in [2.45, 2.75) is 33.4 Å². The van der Waals surface area contributed by atoms with E-state index in [2.05, 4.69) is 42.3 Å². The monoisotopic (exact) mass is 191 g/mol. The molecule has 0 saturated heterocycles. The average Bonchev–Trinajstić information content (AvgIpc) is 2.66. The van der Waals surface area contributed by atoms with E-state index in [0.29, 0.717) is 6.04 Å².